The second-order valence-electron chi connectivity index (χ2n) is 4.67. The first-order chi connectivity index (χ1) is 9.40. The zero-order chi connectivity index (χ0) is 13.1. The molecule has 1 aliphatic rings. The van der Waals surface area contributed by atoms with Crippen molar-refractivity contribution >= 4 is 0 Å². The van der Waals surface area contributed by atoms with E-state index in [0.29, 0.717) is 0 Å². The minimum atomic E-state index is 0.137. The average molecular weight is 255 g/mol. The monoisotopic (exact) mass is 255 g/mol. The number of nitrogens with zero attached hydrogens (tertiary/aromatic N) is 2. The third kappa shape index (κ3) is 2.37. The topological polar surface area (TPSA) is 47.0 Å². The van der Waals surface area contributed by atoms with E-state index in [-0.39, 0.29) is 6.10 Å². The van der Waals surface area contributed by atoms with Crippen LogP contribution in [0, 0.1) is 0 Å². The smallest absolute Gasteiger partial charge is 0.115 e. The van der Waals surface area contributed by atoms with Gasteiger partial charge in [-0.25, -0.2) is 9.97 Å². The third-order valence-corrected chi connectivity index (χ3v) is 3.49. The standard InChI is InChI=1S/C15H17N3O/c1-16-9-15-14-4-2-3-12(13(14)5-6-19-15)11-7-17-10-18-8-11/h2-4,7-8,10,15-16H,5-6,9H2,1H3. The normalized spacial score (nSPS) is 18.1. The van der Waals surface area contributed by atoms with Crippen molar-refractivity contribution in [1.29, 1.82) is 0 Å². The molecule has 1 unspecified atom stereocenters. The molecule has 0 spiro atoms. The van der Waals surface area contributed by atoms with Gasteiger partial charge in [-0.2, -0.15) is 0 Å². The van der Waals surface area contributed by atoms with Crippen molar-refractivity contribution in [3.05, 3.63) is 48.0 Å². The Labute approximate surface area is 112 Å². The van der Waals surface area contributed by atoms with Gasteiger partial charge in [0, 0.05) is 24.5 Å². The van der Waals surface area contributed by atoms with E-state index in [1.165, 1.54) is 16.7 Å². The van der Waals surface area contributed by atoms with Gasteiger partial charge in [0.15, 0.2) is 0 Å². The van der Waals surface area contributed by atoms with Gasteiger partial charge in [0.1, 0.15) is 6.33 Å². The van der Waals surface area contributed by atoms with Crippen LogP contribution in [0.3, 0.4) is 0 Å². The molecule has 0 fully saturated rings. The van der Waals surface area contributed by atoms with Gasteiger partial charge in [0.05, 0.1) is 12.7 Å². The highest BCUT2D eigenvalue weighted by Gasteiger charge is 2.22. The number of fused-ring (bicyclic) bond motifs is 1. The minimum Gasteiger partial charge on any atom is -0.372 e. The van der Waals surface area contributed by atoms with Gasteiger partial charge >= 0.3 is 0 Å². The maximum atomic E-state index is 5.84. The molecular weight excluding hydrogens is 238 g/mol. The maximum Gasteiger partial charge on any atom is 0.115 e. The summed E-state index contributed by atoms with van der Waals surface area (Å²) < 4.78 is 5.84. The maximum absolute atomic E-state index is 5.84. The molecule has 1 N–H and O–H groups in total. The highest BCUT2D eigenvalue weighted by Crippen LogP contribution is 2.33. The Morgan fingerprint density at radius 2 is 2.16 bits per heavy atom. The van der Waals surface area contributed by atoms with E-state index in [1.54, 1.807) is 6.33 Å². The number of benzene rings is 1. The molecule has 19 heavy (non-hydrogen) atoms. The SMILES string of the molecule is CNCC1OCCc2c(-c3cncnc3)cccc21. The van der Waals surface area contributed by atoms with Gasteiger partial charge in [0.2, 0.25) is 0 Å². The lowest BCUT2D eigenvalue weighted by molar-refractivity contribution is 0.0440. The van der Waals surface area contributed by atoms with E-state index in [4.69, 9.17) is 4.74 Å². The van der Waals surface area contributed by atoms with Gasteiger partial charge < -0.3 is 10.1 Å². The summed E-state index contributed by atoms with van der Waals surface area (Å²) in [6, 6.07) is 6.38. The van der Waals surface area contributed by atoms with Crippen LogP contribution >= 0.6 is 0 Å². The molecule has 3 rings (SSSR count). The second kappa shape index (κ2) is 5.47. The largest absolute Gasteiger partial charge is 0.372 e. The molecule has 0 saturated carbocycles. The van der Waals surface area contributed by atoms with Crippen molar-refractivity contribution in [3.63, 3.8) is 0 Å². The van der Waals surface area contributed by atoms with Crippen LogP contribution in [-0.2, 0) is 11.2 Å². The molecule has 0 bridgehead atoms. The molecule has 1 aromatic carbocycles. The molecule has 0 radical (unpaired) electrons. The lowest BCUT2D eigenvalue weighted by Crippen LogP contribution is -2.25. The second-order valence-corrected chi connectivity index (χ2v) is 4.67. The first-order valence-electron chi connectivity index (χ1n) is 6.53. The minimum absolute atomic E-state index is 0.137. The van der Waals surface area contributed by atoms with Gasteiger partial charge in [-0.1, -0.05) is 18.2 Å². The van der Waals surface area contributed by atoms with E-state index in [2.05, 4.69) is 33.5 Å². The summed E-state index contributed by atoms with van der Waals surface area (Å²) in [5.74, 6) is 0. The average Bonchev–Trinajstić information content (AvgIpc) is 2.48. The number of rotatable bonds is 3. The molecule has 2 heterocycles. The van der Waals surface area contributed by atoms with Crippen LogP contribution in [0.2, 0.25) is 0 Å². The summed E-state index contributed by atoms with van der Waals surface area (Å²) in [4.78, 5) is 8.22. The van der Waals surface area contributed by atoms with Gasteiger partial charge in [-0.05, 0) is 30.2 Å². The summed E-state index contributed by atoms with van der Waals surface area (Å²) in [7, 11) is 1.95. The Morgan fingerprint density at radius 1 is 1.32 bits per heavy atom. The van der Waals surface area contributed by atoms with Crippen molar-refractivity contribution in [1.82, 2.24) is 15.3 Å². The lowest BCUT2D eigenvalue weighted by Gasteiger charge is -2.27. The third-order valence-electron chi connectivity index (χ3n) is 3.49. The van der Waals surface area contributed by atoms with Crippen LogP contribution in [0.5, 0.6) is 0 Å². The van der Waals surface area contributed by atoms with Crippen molar-refractivity contribution < 1.29 is 4.74 Å². The van der Waals surface area contributed by atoms with Crippen LogP contribution in [0.25, 0.3) is 11.1 Å². The summed E-state index contributed by atoms with van der Waals surface area (Å²) >= 11 is 0. The fraction of sp³-hybridized carbons (Fsp3) is 0.333. The lowest BCUT2D eigenvalue weighted by atomic mass is 9.90. The van der Waals surface area contributed by atoms with Crippen molar-refractivity contribution in [2.45, 2.75) is 12.5 Å². The van der Waals surface area contributed by atoms with Crippen LogP contribution in [0.1, 0.15) is 17.2 Å². The molecule has 1 aliphatic heterocycles. The van der Waals surface area contributed by atoms with E-state index in [9.17, 15) is 0 Å². The number of hydrogen-bond donors (Lipinski definition) is 1. The zero-order valence-corrected chi connectivity index (χ0v) is 11.0. The Bertz CT molecular complexity index is 557. The first-order valence-corrected chi connectivity index (χ1v) is 6.53. The summed E-state index contributed by atoms with van der Waals surface area (Å²) in [5, 5.41) is 3.19. The predicted octanol–water partition coefficient (Wildman–Crippen LogP) is 1.98. The van der Waals surface area contributed by atoms with Gasteiger partial charge in [0.25, 0.3) is 0 Å². The summed E-state index contributed by atoms with van der Waals surface area (Å²) in [6.07, 6.45) is 6.38. The van der Waals surface area contributed by atoms with Crippen LogP contribution in [-0.4, -0.2) is 30.2 Å². The highest BCUT2D eigenvalue weighted by molar-refractivity contribution is 5.68. The highest BCUT2D eigenvalue weighted by atomic mass is 16.5. The fourth-order valence-corrected chi connectivity index (χ4v) is 2.64. The number of aromatic nitrogens is 2. The van der Waals surface area contributed by atoms with Crippen LogP contribution < -0.4 is 5.32 Å². The van der Waals surface area contributed by atoms with E-state index in [0.717, 1.165) is 25.1 Å². The molecule has 0 amide bonds. The van der Waals surface area contributed by atoms with Crippen LogP contribution in [0.4, 0.5) is 0 Å². The van der Waals surface area contributed by atoms with Crippen molar-refractivity contribution in [2.75, 3.05) is 20.2 Å². The Hall–Kier alpha value is -1.78. The molecular formula is C15H17N3O. The summed E-state index contributed by atoms with van der Waals surface area (Å²) in [5.41, 5.74) is 4.94. The number of ether oxygens (including phenoxy) is 1. The number of hydrogen-bond acceptors (Lipinski definition) is 4. The fourth-order valence-electron chi connectivity index (χ4n) is 2.64. The predicted molar refractivity (Wildman–Crippen MR) is 73.8 cm³/mol. The molecule has 1 atom stereocenters. The number of likely N-dealkylation sites (N-methyl/N-ethyl adjacent to an activating group) is 1. The van der Waals surface area contributed by atoms with Gasteiger partial charge in [-0.3, -0.25) is 0 Å². The van der Waals surface area contributed by atoms with E-state index >= 15 is 0 Å². The molecule has 4 heteroatoms. The molecule has 0 saturated heterocycles. The molecule has 4 nitrogen and oxygen atoms in total. The Balaban J connectivity index is 2.06. The van der Waals surface area contributed by atoms with Crippen molar-refractivity contribution in [2.24, 2.45) is 0 Å². The van der Waals surface area contributed by atoms with E-state index in [1.807, 2.05) is 19.4 Å². The molecule has 0 aliphatic carbocycles. The number of nitrogens with one attached hydrogen (secondary N) is 1. The zero-order valence-electron chi connectivity index (χ0n) is 11.0. The Kier molecular flexibility index (Phi) is 3.53. The van der Waals surface area contributed by atoms with Crippen LogP contribution in [0.15, 0.2) is 36.9 Å². The van der Waals surface area contributed by atoms with Crippen molar-refractivity contribution in [3.8, 4) is 11.1 Å². The first kappa shape index (κ1) is 12.3. The molecule has 2 aromatic rings. The quantitative estimate of drug-likeness (QED) is 0.911. The van der Waals surface area contributed by atoms with Gasteiger partial charge in [-0.15, -0.1) is 0 Å². The Morgan fingerprint density at radius 3 is 2.95 bits per heavy atom. The summed E-state index contributed by atoms with van der Waals surface area (Å²) in [6.45, 7) is 1.60. The molecule has 1 aromatic heterocycles. The molecule has 98 valence electrons. The van der Waals surface area contributed by atoms with E-state index < -0.39 is 0 Å².